The normalized spacial score (nSPS) is 11.3. The fourth-order valence-corrected chi connectivity index (χ4v) is 3.11. The molecule has 3 rings (SSSR count). The SMILES string of the molecule is CC(=O)Nc1ccc(S(=O)(=O)Nc2ccc3ocnc3c2)cc1. The van der Waals surface area contributed by atoms with Crippen LogP contribution in [-0.2, 0) is 14.8 Å². The van der Waals surface area contributed by atoms with Crippen LogP contribution in [-0.4, -0.2) is 19.3 Å². The molecule has 118 valence electrons. The average Bonchev–Trinajstić information content (AvgIpc) is 2.94. The Morgan fingerprint density at radius 1 is 1.09 bits per heavy atom. The first kappa shape index (κ1) is 15.0. The highest BCUT2D eigenvalue weighted by Crippen LogP contribution is 2.21. The number of rotatable bonds is 4. The number of anilines is 2. The number of carbonyl (C=O) groups excluding carboxylic acids is 1. The van der Waals surface area contributed by atoms with E-state index >= 15 is 0 Å². The summed E-state index contributed by atoms with van der Waals surface area (Å²) >= 11 is 0. The third kappa shape index (κ3) is 3.32. The largest absolute Gasteiger partial charge is 0.443 e. The van der Waals surface area contributed by atoms with Crippen LogP contribution in [0.1, 0.15) is 6.92 Å². The molecule has 8 heteroatoms. The molecule has 0 fully saturated rings. The highest BCUT2D eigenvalue weighted by Gasteiger charge is 2.14. The van der Waals surface area contributed by atoms with E-state index in [4.69, 9.17) is 4.42 Å². The lowest BCUT2D eigenvalue weighted by Gasteiger charge is -2.09. The molecule has 7 nitrogen and oxygen atoms in total. The van der Waals surface area contributed by atoms with E-state index in [1.54, 1.807) is 18.2 Å². The Morgan fingerprint density at radius 2 is 1.78 bits per heavy atom. The van der Waals surface area contributed by atoms with Crippen molar-refractivity contribution >= 4 is 38.4 Å². The van der Waals surface area contributed by atoms with Gasteiger partial charge in [-0.15, -0.1) is 0 Å². The molecular weight excluding hydrogens is 318 g/mol. The van der Waals surface area contributed by atoms with Crippen molar-refractivity contribution in [3.8, 4) is 0 Å². The molecule has 0 radical (unpaired) electrons. The minimum atomic E-state index is -3.73. The number of carbonyl (C=O) groups is 1. The Bertz CT molecular complexity index is 962. The zero-order valence-electron chi connectivity index (χ0n) is 12.1. The fraction of sp³-hybridized carbons (Fsp3) is 0.0667. The van der Waals surface area contributed by atoms with Gasteiger partial charge >= 0.3 is 0 Å². The van der Waals surface area contributed by atoms with Crippen molar-refractivity contribution in [3.63, 3.8) is 0 Å². The molecule has 1 heterocycles. The molecule has 0 saturated carbocycles. The van der Waals surface area contributed by atoms with Gasteiger partial charge in [0.05, 0.1) is 10.6 Å². The van der Waals surface area contributed by atoms with Gasteiger partial charge in [-0.1, -0.05) is 0 Å². The van der Waals surface area contributed by atoms with Crippen LogP contribution in [0, 0.1) is 0 Å². The molecule has 2 aromatic carbocycles. The summed E-state index contributed by atoms with van der Waals surface area (Å²) in [6.45, 7) is 1.38. The lowest BCUT2D eigenvalue weighted by molar-refractivity contribution is -0.114. The number of nitrogens with one attached hydrogen (secondary N) is 2. The third-order valence-electron chi connectivity index (χ3n) is 3.07. The molecule has 1 amide bonds. The van der Waals surface area contributed by atoms with Crippen LogP contribution in [0.2, 0.25) is 0 Å². The molecule has 0 aliphatic heterocycles. The van der Waals surface area contributed by atoms with E-state index in [9.17, 15) is 13.2 Å². The second kappa shape index (κ2) is 5.73. The van der Waals surface area contributed by atoms with Gasteiger partial charge in [0, 0.05) is 12.6 Å². The van der Waals surface area contributed by atoms with Crippen molar-refractivity contribution in [2.24, 2.45) is 0 Å². The van der Waals surface area contributed by atoms with Crippen molar-refractivity contribution in [1.82, 2.24) is 4.98 Å². The zero-order chi connectivity index (χ0) is 16.4. The van der Waals surface area contributed by atoms with Gasteiger partial charge in [-0.25, -0.2) is 13.4 Å². The highest BCUT2D eigenvalue weighted by molar-refractivity contribution is 7.92. The van der Waals surface area contributed by atoms with E-state index in [-0.39, 0.29) is 10.8 Å². The third-order valence-corrected chi connectivity index (χ3v) is 4.46. The quantitative estimate of drug-likeness (QED) is 0.765. The Labute approximate surface area is 132 Å². The van der Waals surface area contributed by atoms with E-state index in [0.29, 0.717) is 22.5 Å². The van der Waals surface area contributed by atoms with Crippen LogP contribution in [0.4, 0.5) is 11.4 Å². The average molecular weight is 331 g/mol. The lowest BCUT2D eigenvalue weighted by atomic mass is 10.3. The molecule has 1 aromatic heterocycles. The van der Waals surface area contributed by atoms with Gasteiger partial charge in [0.15, 0.2) is 12.0 Å². The van der Waals surface area contributed by atoms with E-state index in [1.807, 2.05) is 0 Å². The van der Waals surface area contributed by atoms with E-state index in [2.05, 4.69) is 15.0 Å². The van der Waals surface area contributed by atoms with Crippen molar-refractivity contribution in [1.29, 1.82) is 0 Å². The molecule has 0 saturated heterocycles. The monoisotopic (exact) mass is 331 g/mol. The lowest BCUT2D eigenvalue weighted by Crippen LogP contribution is -2.13. The molecule has 0 aliphatic rings. The van der Waals surface area contributed by atoms with E-state index in [0.717, 1.165) is 0 Å². The Kier molecular flexibility index (Phi) is 3.75. The molecule has 2 N–H and O–H groups in total. The summed E-state index contributed by atoms with van der Waals surface area (Å²) < 4.78 is 32.3. The van der Waals surface area contributed by atoms with Crippen LogP contribution in [0.5, 0.6) is 0 Å². The summed E-state index contributed by atoms with van der Waals surface area (Å²) in [4.78, 5) is 15.0. The van der Waals surface area contributed by atoms with Crippen LogP contribution in [0.15, 0.2) is 58.2 Å². The predicted molar refractivity (Wildman–Crippen MR) is 85.6 cm³/mol. The first-order valence-electron chi connectivity index (χ1n) is 6.68. The summed E-state index contributed by atoms with van der Waals surface area (Å²) in [5.74, 6) is -0.223. The van der Waals surface area contributed by atoms with Crippen molar-refractivity contribution < 1.29 is 17.6 Å². The molecule has 0 atom stereocenters. The molecule has 0 unspecified atom stereocenters. The smallest absolute Gasteiger partial charge is 0.261 e. The molecule has 23 heavy (non-hydrogen) atoms. The number of aromatic nitrogens is 1. The molecular formula is C15H13N3O4S. The van der Waals surface area contributed by atoms with Crippen molar-refractivity contribution in [3.05, 3.63) is 48.9 Å². The first-order chi connectivity index (χ1) is 10.9. The Balaban J connectivity index is 1.84. The fourth-order valence-electron chi connectivity index (χ4n) is 2.06. The second-order valence-electron chi connectivity index (χ2n) is 4.85. The Morgan fingerprint density at radius 3 is 2.48 bits per heavy atom. The maximum Gasteiger partial charge on any atom is 0.261 e. The number of hydrogen-bond donors (Lipinski definition) is 2. The van der Waals surface area contributed by atoms with Gasteiger partial charge in [-0.05, 0) is 42.5 Å². The van der Waals surface area contributed by atoms with E-state index in [1.165, 1.54) is 37.6 Å². The topological polar surface area (TPSA) is 101 Å². The predicted octanol–water partition coefficient (Wildman–Crippen LogP) is 2.59. The van der Waals surface area contributed by atoms with Gasteiger partial charge in [0.25, 0.3) is 10.0 Å². The summed E-state index contributed by atoms with van der Waals surface area (Å²) in [6.07, 6.45) is 1.30. The van der Waals surface area contributed by atoms with Crippen LogP contribution < -0.4 is 10.0 Å². The minimum absolute atomic E-state index is 0.0897. The van der Waals surface area contributed by atoms with Gasteiger partial charge in [0.2, 0.25) is 5.91 Å². The van der Waals surface area contributed by atoms with Gasteiger partial charge < -0.3 is 9.73 Å². The van der Waals surface area contributed by atoms with E-state index < -0.39 is 10.0 Å². The molecule has 0 aliphatic carbocycles. The van der Waals surface area contributed by atoms with Crippen molar-refractivity contribution in [2.75, 3.05) is 10.0 Å². The maximum absolute atomic E-state index is 12.4. The van der Waals surface area contributed by atoms with Gasteiger partial charge in [0.1, 0.15) is 5.52 Å². The highest BCUT2D eigenvalue weighted by atomic mass is 32.2. The van der Waals surface area contributed by atoms with Crippen LogP contribution in [0.3, 0.4) is 0 Å². The minimum Gasteiger partial charge on any atom is -0.443 e. The zero-order valence-corrected chi connectivity index (χ0v) is 12.9. The maximum atomic E-state index is 12.4. The standard InChI is InChI=1S/C15H13N3O4S/c1-10(19)17-11-2-5-13(6-3-11)23(20,21)18-12-4-7-15-14(8-12)16-9-22-15/h2-9,18H,1H3,(H,17,19). The number of amides is 1. The van der Waals surface area contributed by atoms with Gasteiger partial charge in [-0.2, -0.15) is 0 Å². The summed E-state index contributed by atoms with van der Waals surface area (Å²) in [5, 5.41) is 2.58. The Hall–Kier alpha value is -2.87. The van der Waals surface area contributed by atoms with Crippen LogP contribution in [0.25, 0.3) is 11.1 Å². The van der Waals surface area contributed by atoms with Crippen molar-refractivity contribution in [2.45, 2.75) is 11.8 Å². The summed E-state index contributed by atoms with van der Waals surface area (Å²) in [7, 11) is -3.73. The number of fused-ring (bicyclic) bond motifs is 1. The number of benzene rings is 2. The first-order valence-corrected chi connectivity index (χ1v) is 8.16. The number of sulfonamides is 1. The molecule has 3 aromatic rings. The second-order valence-corrected chi connectivity index (χ2v) is 6.53. The number of nitrogens with zero attached hydrogens (tertiary/aromatic N) is 1. The summed E-state index contributed by atoms with van der Waals surface area (Å²) in [6, 6.07) is 10.7. The number of hydrogen-bond acceptors (Lipinski definition) is 5. The molecule has 0 spiro atoms. The molecule has 0 bridgehead atoms. The van der Waals surface area contributed by atoms with Gasteiger partial charge in [-0.3, -0.25) is 9.52 Å². The summed E-state index contributed by atoms with van der Waals surface area (Å²) in [5.41, 5.74) is 2.05. The van der Waals surface area contributed by atoms with Crippen LogP contribution >= 0.6 is 0 Å². The number of oxazole rings is 1.